The Bertz CT molecular complexity index is 843. The first-order valence-corrected chi connectivity index (χ1v) is 10.1. The van der Waals surface area contributed by atoms with Gasteiger partial charge in [-0.1, -0.05) is 48.5 Å². The minimum Gasteiger partial charge on any atom is -0.464 e. The second-order valence-corrected chi connectivity index (χ2v) is 7.12. The highest BCUT2D eigenvalue weighted by Gasteiger charge is 2.21. The van der Waals surface area contributed by atoms with E-state index in [1.54, 1.807) is 6.92 Å². The third-order valence-electron chi connectivity index (χ3n) is 4.58. The summed E-state index contributed by atoms with van der Waals surface area (Å²) >= 11 is 0. The molecule has 0 aliphatic carbocycles. The second kappa shape index (κ2) is 11.8. The predicted octanol–water partition coefficient (Wildman–Crippen LogP) is 3.15. The van der Waals surface area contributed by atoms with Gasteiger partial charge < -0.3 is 14.8 Å². The van der Waals surface area contributed by atoms with Crippen molar-refractivity contribution in [3.63, 3.8) is 0 Å². The summed E-state index contributed by atoms with van der Waals surface area (Å²) in [5, 5.41) is 2.65. The number of carbonyl (C=O) groups excluding carboxylic acids is 3. The van der Waals surface area contributed by atoms with E-state index in [-0.39, 0.29) is 18.5 Å². The molecule has 0 radical (unpaired) electrons. The Labute approximate surface area is 177 Å². The van der Waals surface area contributed by atoms with Crippen LogP contribution in [0.2, 0.25) is 0 Å². The molecular weight excluding hydrogens is 382 g/mol. The molecule has 6 nitrogen and oxygen atoms in total. The average molecular weight is 411 g/mol. The summed E-state index contributed by atoms with van der Waals surface area (Å²) in [5.74, 6) is -0.967. The fraction of sp³-hybridized carbons (Fsp3) is 0.375. The Morgan fingerprint density at radius 3 is 1.77 bits per heavy atom. The van der Waals surface area contributed by atoms with Gasteiger partial charge in [-0.25, -0.2) is 4.79 Å². The van der Waals surface area contributed by atoms with Crippen molar-refractivity contribution >= 4 is 17.8 Å². The van der Waals surface area contributed by atoms with E-state index >= 15 is 0 Å². The molecule has 0 saturated heterocycles. The van der Waals surface area contributed by atoms with E-state index in [9.17, 15) is 14.4 Å². The molecule has 1 atom stereocenters. The third-order valence-corrected chi connectivity index (χ3v) is 4.58. The van der Waals surface area contributed by atoms with Crippen LogP contribution in [0.1, 0.15) is 43.0 Å². The van der Waals surface area contributed by atoms with Gasteiger partial charge in [0.1, 0.15) is 12.6 Å². The molecule has 1 N–H and O–H groups in total. The molecule has 0 aliphatic rings. The SMILES string of the molecule is CCOC(=O)C(Cc1ccc(CCc2ccc(COC(C)=O)cc2)cc1)NC(C)=O. The lowest BCUT2D eigenvalue weighted by Gasteiger charge is -2.16. The van der Waals surface area contributed by atoms with Crippen molar-refractivity contribution in [2.45, 2.75) is 52.7 Å². The Hall–Kier alpha value is -3.15. The van der Waals surface area contributed by atoms with Crippen LogP contribution in [-0.4, -0.2) is 30.5 Å². The molecule has 0 aromatic heterocycles. The van der Waals surface area contributed by atoms with Crippen LogP contribution in [-0.2, 0) is 49.7 Å². The van der Waals surface area contributed by atoms with Gasteiger partial charge >= 0.3 is 11.9 Å². The zero-order valence-electron chi connectivity index (χ0n) is 17.8. The number of aryl methyl sites for hydroxylation is 2. The summed E-state index contributed by atoms with van der Waals surface area (Å²) in [7, 11) is 0. The van der Waals surface area contributed by atoms with Crippen LogP contribution in [0, 0.1) is 0 Å². The van der Waals surface area contributed by atoms with Gasteiger partial charge in [0.15, 0.2) is 0 Å². The van der Waals surface area contributed by atoms with Crippen LogP contribution < -0.4 is 5.32 Å². The number of amides is 1. The summed E-state index contributed by atoms with van der Waals surface area (Å²) in [4.78, 5) is 34.3. The number of esters is 2. The van der Waals surface area contributed by atoms with Crippen molar-refractivity contribution in [3.8, 4) is 0 Å². The summed E-state index contributed by atoms with van der Waals surface area (Å²) in [6.45, 7) is 5.10. The molecule has 1 amide bonds. The largest absolute Gasteiger partial charge is 0.464 e. The highest BCUT2D eigenvalue weighted by Crippen LogP contribution is 2.13. The van der Waals surface area contributed by atoms with Crippen molar-refractivity contribution < 1.29 is 23.9 Å². The molecule has 0 bridgehead atoms. The molecule has 30 heavy (non-hydrogen) atoms. The standard InChI is InChI=1S/C24H29NO5/c1-4-29-24(28)23(25-17(2)26)15-21-11-7-19(8-12-21)5-6-20-9-13-22(14-10-20)16-30-18(3)27/h7-14,23H,4-6,15-16H2,1-3H3,(H,25,26). The van der Waals surface area contributed by atoms with E-state index in [1.807, 2.05) is 48.5 Å². The van der Waals surface area contributed by atoms with Gasteiger partial charge in [-0.05, 0) is 42.0 Å². The Kier molecular flexibility index (Phi) is 9.06. The van der Waals surface area contributed by atoms with E-state index in [0.29, 0.717) is 13.0 Å². The summed E-state index contributed by atoms with van der Waals surface area (Å²) in [6.07, 6.45) is 2.17. The van der Waals surface area contributed by atoms with E-state index in [0.717, 1.165) is 24.0 Å². The highest BCUT2D eigenvalue weighted by molar-refractivity contribution is 5.83. The maximum Gasteiger partial charge on any atom is 0.328 e. The van der Waals surface area contributed by atoms with Gasteiger partial charge in [0.2, 0.25) is 5.91 Å². The highest BCUT2D eigenvalue weighted by atomic mass is 16.5. The van der Waals surface area contributed by atoms with Crippen molar-refractivity contribution in [1.82, 2.24) is 5.32 Å². The fourth-order valence-electron chi connectivity index (χ4n) is 3.04. The summed E-state index contributed by atoms with van der Waals surface area (Å²) in [6, 6.07) is 15.4. The van der Waals surface area contributed by atoms with Crippen LogP contribution in [0.3, 0.4) is 0 Å². The molecule has 160 valence electrons. The normalized spacial score (nSPS) is 11.4. The number of hydrogen-bond donors (Lipinski definition) is 1. The number of benzene rings is 2. The average Bonchev–Trinajstić information content (AvgIpc) is 2.72. The molecule has 0 fully saturated rings. The predicted molar refractivity (Wildman–Crippen MR) is 114 cm³/mol. The van der Waals surface area contributed by atoms with E-state index < -0.39 is 12.0 Å². The van der Waals surface area contributed by atoms with E-state index in [1.165, 1.54) is 25.0 Å². The number of hydrogen-bond acceptors (Lipinski definition) is 5. The zero-order chi connectivity index (χ0) is 21.9. The van der Waals surface area contributed by atoms with E-state index in [2.05, 4.69) is 5.32 Å². The van der Waals surface area contributed by atoms with Crippen LogP contribution in [0.25, 0.3) is 0 Å². The molecule has 0 heterocycles. The lowest BCUT2D eigenvalue weighted by atomic mass is 10.00. The van der Waals surface area contributed by atoms with Crippen LogP contribution >= 0.6 is 0 Å². The number of ether oxygens (including phenoxy) is 2. The topological polar surface area (TPSA) is 81.7 Å². The maximum absolute atomic E-state index is 12.0. The number of carbonyl (C=O) groups is 3. The van der Waals surface area contributed by atoms with Gasteiger partial charge in [-0.15, -0.1) is 0 Å². The molecular formula is C24H29NO5. The summed E-state index contributed by atoms with van der Waals surface area (Å²) in [5.41, 5.74) is 4.32. The fourth-order valence-corrected chi connectivity index (χ4v) is 3.04. The van der Waals surface area contributed by atoms with Crippen molar-refractivity contribution in [2.75, 3.05) is 6.61 Å². The minimum absolute atomic E-state index is 0.261. The molecule has 1 unspecified atom stereocenters. The molecule has 2 rings (SSSR count). The van der Waals surface area contributed by atoms with Crippen LogP contribution in [0.4, 0.5) is 0 Å². The molecule has 0 spiro atoms. The van der Waals surface area contributed by atoms with Crippen molar-refractivity contribution in [1.29, 1.82) is 0 Å². The maximum atomic E-state index is 12.0. The van der Waals surface area contributed by atoms with Crippen LogP contribution in [0.5, 0.6) is 0 Å². The first-order valence-electron chi connectivity index (χ1n) is 10.1. The summed E-state index contributed by atoms with van der Waals surface area (Å²) < 4.78 is 10.0. The number of rotatable bonds is 10. The second-order valence-electron chi connectivity index (χ2n) is 7.12. The van der Waals surface area contributed by atoms with Crippen molar-refractivity contribution in [2.24, 2.45) is 0 Å². The van der Waals surface area contributed by atoms with Gasteiger partial charge in [-0.2, -0.15) is 0 Å². The lowest BCUT2D eigenvalue weighted by molar-refractivity contribution is -0.147. The Morgan fingerprint density at radius 1 is 0.800 bits per heavy atom. The smallest absolute Gasteiger partial charge is 0.328 e. The van der Waals surface area contributed by atoms with E-state index in [4.69, 9.17) is 9.47 Å². The number of nitrogens with one attached hydrogen (secondary N) is 1. The quantitative estimate of drug-likeness (QED) is 0.608. The van der Waals surface area contributed by atoms with Gasteiger partial charge in [0, 0.05) is 20.3 Å². The zero-order valence-corrected chi connectivity index (χ0v) is 17.8. The van der Waals surface area contributed by atoms with Gasteiger partial charge in [0.25, 0.3) is 0 Å². The molecule has 2 aromatic rings. The first kappa shape index (κ1) is 23.1. The van der Waals surface area contributed by atoms with Gasteiger partial charge in [0.05, 0.1) is 6.61 Å². The first-order chi connectivity index (χ1) is 14.4. The Morgan fingerprint density at radius 2 is 1.30 bits per heavy atom. The van der Waals surface area contributed by atoms with Gasteiger partial charge in [-0.3, -0.25) is 9.59 Å². The third kappa shape index (κ3) is 8.07. The lowest BCUT2D eigenvalue weighted by Crippen LogP contribution is -2.42. The van der Waals surface area contributed by atoms with Crippen molar-refractivity contribution in [3.05, 3.63) is 70.8 Å². The molecule has 6 heteroatoms. The molecule has 2 aromatic carbocycles. The van der Waals surface area contributed by atoms with Crippen LogP contribution in [0.15, 0.2) is 48.5 Å². The minimum atomic E-state index is -0.682. The Balaban J connectivity index is 1.89. The monoisotopic (exact) mass is 411 g/mol. The molecule has 0 saturated carbocycles. The molecule has 0 aliphatic heterocycles.